The van der Waals surface area contributed by atoms with E-state index in [4.69, 9.17) is 5.10 Å². The van der Waals surface area contributed by atoms with Gasteiger partial charge in [0.2, 0.25) is 0 Å². The zero-order valence-corrected chi connectivity index (χ0v) is 12.9. The van der Waals surface area contributed by atoms with Crippen molar-refractivity contribution in [3.63, 3.8) is 0 Å². The maximum absolute atomic E-state index is 4.74. The van der Waals surface area contributed by atoms with E-state index in [2.05, 4.69) is 15.7 Å². The van der Waals surface area contributed by atoms with E-state index in [-0.39, 0.29) is 5.41 Å². The molecule has 3 atom stereocenters. The summed E-state index contributed by atoms with van der Waals surface area (Å²) < 4.78 is 2.52. The van der Waals surface area contributed by atoms with Crippen LogP contribution in [0.3, 0.4) is 0 Å². The summed E-state index contributed by atoms with van der Waals surface area (Å²) in [5.74, 6) is 4.45. The first-order valence-corrected chi connectivity index (χ1v) is 8.96. The van der Waals surface area contributed by atoms with E-state index in [9.17, 15) is 0 Å². The Morgan fingerprint density at radius 2 is 1.81 bits per heavy atom. The number of hydrogen-bond donors (Lipinski definition) is 0. The number of fused-ring (bicyclic) bond motifs is 1. The molecule has 0 spiro atoms. The molecule has 6 rings (SSSR count). The van der Waals surface area contributed by atoms with Crippen molar-refractivity contribution in [2.75, 3.05) is 0 Å². The third-order valence-electron chi connectivity index (χ3n) is 6.36. The topological polar surface area (TPSA) is 30.7 Å². The summed E-state index contributed by atoms with van der Waals surface area (Å²) >= 11 is 0. The second-order valence-corrected chi connectivity index (χ2v) is 8.00. The number of aryl methyl sites for hydroxylation is 1. The van der Waals surface area contributed by atoms with Crippen LogP contribution >= 0.6 is 0 Å². The van der Waals surface area contributed by atoms with Gasteiger partial charge >= 0.3 is 0 Å². The van der Waals surface area contributed by atoms with Gasteiger partial charge in [0.1, 0.15) is 11.6 Å². The lowest BCUT2D eigenvalue weighted by Gasteiger charge is -2.51. The van der Waals surface area contributed by atoms with Crippen LogP contribution in [-0.2, 0) is 18.4 Å². The summed E-state index contributed by atoms with van der Waals surface area (Å²) in [6.07, 6.45) is 16.0. The van der Waals surface area contributed by atoms with Gasteiger partial charge < -0.3 is 4.57 Å². The lowest BCUT2D eigenvalue weighted by Crippen LogP contribution is -2.44. The van der Waals surface area contributed by atoms with Crippen LogP contribution in [0.1, 0.15) is 69.4 Å². The third-order valence-corrected chi connectivity index (χ3v) is 6.36. The zero-order valence-electron chi connectivity index (χ0n) is 12.9. The zero-order chi connectivity index (χ0) is 13.9. The molecule has 21 heavy (non-hydrogen) atoms. The highest BCUT2D eigenvalue weighted by molar-refractivity contribution is 5.33. The molecule has 3 nitrogen and oxygen atoms in total. The molecule has 2 unspecified atom stereocenters. The summed E-state index contributed by atoms with van der Waals surface area (Å²) in [4.78, 5) is 0. The molecular formula is C18H25N3. The van der Waals surface area contributed by atoms with Crippen LogP contribution in [0.2, 0.25) is 0 Å². The normalized spacial score (nSPS) is 37.8. The van der Waals surface area contributed by atoms with Gasteiger partial charge in [-0.2, -0.15) is 0 Å². The number of aromatic nitrogens is 3. The van der Waals surface area contributed by atoms with Crippen molar-refractivity contribution in [1.82, 2.24) is 14.8 Å². The monoisotopic (exact) mass is 283 g/mol. The SMILES string of the molecule is C1=C2CC3C[C@@H](C2)CC1(c1nnc2n1CCCCCC2)C3. The van der Waals surface area contributed by atoms with Crippen molar-refractivity contribution in [3.8, 4) is 0 Å². The summed E-state index contributed by atoms with van der Waals surface area (Å²) in [7, 11) is 0. The van der Waals surface area contributed by atoms with Gasteiger partial charge in [-0.1, -0.05) is 24.5 Å². The van der Waals surface area contributed by atoms with Crippen LogP contribution in [0.15, 0.2) is 11.6 Å². The standard InChI is InChI=1S/C18H25N3/c1-2-4-6-21-16(5-3-1)19-20-17(21)18-10-13-7-14(11-18)9-15(8-13)12-18/h10,14-15H,1-9,11-12H2/t14-,15?,18?/m1/s1. The van der Waals surface area contributed by atoms with E-state index in [0.717, 1.165) is 24.8 Å². The molecule has 2 heterocycles. The Morgan fingerprint density at radius 1 is 1.00 bits per heavy atom. The van der Waals surface area contributed by atoms with Crippen LogP contribution in [0, 0.1) is 11.8 Å². The molecule has 112 valence electrons. The molecule has 1 aromatic rings. The average Bonchev–Trinajstić information content (AvgIpc) is 2.79. The Morgan fingerprint density at radius 3 is 2.62 bits per heavy atom. The van der Waals surface area contributed by atoms with E-state index in [0.29, 0.717) is 0 Å². The fourth-order valence-electron chi connectivity index (χ4n) is 5.79. The molecule has 5 aliphatic rings. The largest absolute Gasteiger partial charge is 0.314 e. The van der Waals surface area contributed by atoms with Crippen LogP contribution in [0.5, 0.6) is 0 Å². The summed E-state index contributed by atoms with van der Waals surface area (Å²) in [6, 6.07) is 0. The molecule has 3 heteroatoms. The van der Waals surface area contributed by atoms with Crippen molar-refractivity contribution in [1.29, 1.82) is 0 Å². The smallest absolute Gasteiger partial charge is 0.143 e. The predicted molar refractivity (Wildman–Crippen MR) is 82.0 cm³/mol. The van der Waals surface area contributed by atoms with Gasteiger partial charge in [0.25, 0.3) is 0 Å². The minimum atomic E-state index is 0.254. The molecule has 1 aliphatic heterocycles. The molecule has 0 radical (unpaired) electrons. The average molecular weight is 283 g/mol. The van der Waals surface area contributed by atoms with E-state index >= 15 is 0 Å². The van der Waals surface area contributed by atoms with Crippen molar-refractivity contribution >= 4 is 0 Å². The summed E-state index contributed by atoms with van der Waals surface area (Å²) in [5, 5.41) is 9.34. The maximum atomic E-state index is 4.74. The fourth-order valence-corrected chi connectivity index (χ4v) is 5.79. The minimum Gasteiger partial charge on any atom is -0.314 e. The van der Waals surface area contributed by atoms with Crippen molar-refractivity contribution in [3.05, 3.63) is 23.3 Å². The molecule has 4 bridgehead atoms. The quantitative estimate of drug-likeness (QED) is 0.734. The minimum absolute atomic E-state index is 0.254. The van der Waals surface area contributed by atoms with Crippen LogP contribution < -0.4 is 0 Å². The lowest BCUT2D eigenvalue weighted by molar-refractivity contribution is 0.131. The predicted octanol–water partition coefficient (Wildman–Crippen LogP) is 3.78. The molecule has 0 amide bonds. The van der Waals surface area contributed by atoms with Crippen molar-refractivity contribution < 1.29 is 0 Å². The first kappa shape index (κ1) is 12.4. The highest BCUT2D eigenvalue weighted by atomic mass is 15.3. The first-order valence-electron chi connectivity index (χ1n) is 8.96. The number of rotatable bonds is 1. The molecule has 1 aromatic heterocycles. The Labute approximate surface area is 126 Å². The van der Waals surface area contributed by atoms with E-state index in [1.54, 1.807) is 5.57 Å². The molecular weight excluding hydrogens is 258 g/mol. The molecule has 0 N–H and O–H groups in total. The van der Waals surface area contributed by atoms with Crippen LogP contribution in [-0.4, -0.2) is 14.8 Å². The third kappa shape index (κ3) is 1.85. The van der Waals surface area contributed by atoms with Crippen LogP contribution in [0.25, 0.3) is 0 Å². The molecule has 4 aliphatic carbocycles. The Hall–Kier alpha value is -1.12. The van der Waals surface area contributed by atoms with Gasteiger partial charge in [-0.25, -0.2) is 0 Å². The van der Waals surface area contributed by atoms with E-state index in [1.807, 2.05) is 0 Å². The van der Waals surface area contributed by atoms with E-state index < -0.39 is 0 Å². The second-order valence-electron chi connectivity index (χ2n) is 8.00. The van der Waals surface area contributed by atoms with E-state index in [1.165, 1.54) is 69.4 Å². The van der Waals surface area contributed by atoms with Gasteiger partial charge in [-0.3, -0.25) is 0 Å². The van der Waals surface area contributed by atoms with Gasteiger partial charge in [0.05, 0.1) is 0 Å². The fraction of sp³-hybridized carbons (Fsp3) is 0.778. The lowest BCUT2D eigenvalue weighted by atomic mass is 9.54. The van der Waals surface area contributed by atoms with Gasteiger partial charge in [-0.15, -0.1) is 10.2 Å². The maximum Gasteiger partial charge on any atom is 0.143 e. The number of hydrogen-bond acceptors (Lipinski definition) is 2. The van der Waals surface area contributed by atoms with Crippen molar-refractivity contribution in [2.24, 2.45) is 11.8 Å². The van der Waals surface area contributed by atoms with Gasteiger partial charge in [0.15, 0.2) is 0 Å². The Bertz CT molecular complexity index is 582. The number of allylic oxidation sites excluding steroid dienone is 2. The van der Waals surface area contributed by atoms with Gasteiger partial charge in [0, 0.05) is 18.4 Å². The highest BCUT2D eigenvalue weighted by Crippen LogP contribution is 2.57. The van der Waals surface area contributed by atoms with Gasteiger partial charge in [-0.05, 0) is 56.8 Å². The summed E-state index contributed by atoms with van der Waals surface area (Å²) in [5.41, 5.74) is 1.99. The summed E-state index contributed by atoms with van der Waals surface area (Å²) in [6.45, 7) is 1.15. The Kier molecular flexibility index (Phi) is 2.63. The molecule has 2 saturated carbocycles. The molecule has 2 fully saturated rings. The number of nitrogens with zero attached hydrogens (tertiary/aromatic N) is 3. The van der Waals surface area contributed by atoms with Crippen molar-refractivity contribution in [2.45, 2.75) is 76.2 Å². The Balaban J connectivity index is 1.60. The molecule has 0 saturated heterocycles. The van der Waals surface area contributed by atoms with Crippen LogP contribution in [0.4, 0.5) is 0 Å². The first-order chi connectivity index (χ1) is 10.3. The molecule has 0 aromatic carbocycles. The second kappa shape index (κ2) is 4.44. The highest BCUT2D eigenvalue weighted by Gasteiger charge is 2.50.